The van der Waals surface area contributed by atoms with Crippen molar-refractivity contribution in [1.82, 2.24) is 0 Å². The van der Waals surface area contributed by atoms with Crippen molar-refractivity contribution in [3.63, 3.8) is 0 Å². The second-order valence-corrected chi connectivity index (χ2v) is 6.18. The molecule has 1 saturated carbocycles. The van der Waals surface area contributed by atoms with Gasteiger partial charge in [-0.25, -0.2) is 0 Å². The molecule has 0 aromatic heterocycles. The molecule has 1 aliphatic carbocycles. The Labute approximate surface area is 133 Å². The summed E-state index contributed by atoms with van der Waals surface area (Å²) in [6.45, 7) is 0. The Hall–Kier alpha value is -1.23. The third kappa shape index (κ3) is 4.37. The van der Waals surface area contributed by atoms with Crippen molar-refractivity contribution in [2.45, 2.75) is 51.0 Å². The molecule has 4 nitrogen and oxygen atoms in total. The molecule has 0 radical (unpaired) electrons. The third-order valence-electron chi connectivity index (χ3n) is 3.79. The first kappa shape index (κ1) is 16.1. The van der Waals surface area contributed by atoms with Gasteiger partial charge in [0.05, 0.1) is 13.2 Å². The second kappa shape index (κ2) is 7.69. The molecule has 116 valence electrons. The van der Waals surface area contributed by atoms with Gasteiger partial charge < -0.3 is 14.6 Å². The molecule has 1 aliphatic rings. The first-order chi connectivity index (χ1) is 10.1. The number of carboxylic acid groups (broad SMARTS) is 1. The van der Waals surface area contributed by atoms with E-state index in [0.29, 0.717) is 12.8 Å². The van der Waals surface area contributed by atoms with Crippen LogP contribution in [0.25, 0.3) is 0 Å². The largest absolute Gasteiger partial charge is 0.493 e. The molecule has 1 aromatic rings. The molecule has 21 heavy (non-hydrogen) atoms. The van der Waals surface area contributed by atoms with Gasteiger partial charge in [-0.1, -0.05) is 15.9 Å². The Morgan fingerprint density at radius 2 is 2.10 bits per heavy atom. The molecule has 0 bridgehead atoms. The summed E-state index contributed by atoms with van der Waals surface area (Å²) in [5.74, 6) is 0.715. The summed E-state index contributed by atoms with van der Waals surface area (Å²) in [6, 6.07) is 3.81. The molecule has 2 rings (SSSR count). The van der Waals surface area contributed by atoms with Crippen LogP contribution in [0.4, 0.5) is 0 Å². The number of rotatable bonds is 7. The first-order valence-electron chi connectivity index (χ1n) is 7.35. The van der Waals surface area contributed by atoms with E-state index in [2.05, 4.69) is 15.9 Å². The van der Waals surface area contributed by atoms with E-state index in [-0.39, 0.29) is 12.5 Å². The summed E-state index contributed by atoms with van der Waals surface area (Å²) in [4.78, 5) is 10.7. The average molecular weight is 357 g/mol. The molecule has 0 saturated heterocycles. The lowest BCUT2D eigenvalue weighted by Gasteiger charge is -2.20. The van der Waals surface area contributed by atoms with E-state index >= 15 is 0 Å². The van der Waals surface area contributed by atoms with Gasteiger partial charge in [0.25, 0.3) is 0 Å². The number of ether oxygens (including phenoxy) is 2. The van der Waals surface area contributed by atoms with Crippen LogP contribution in [0.1, 0.15) is 44.1 Å². The minimum Gasteiger partial charge on any atom is -0.493 e. The minimum absolute atomic E-state index is 0.159. The predicted octanol–water partition coefficient (Wildman–Crippen LogP) is 4.19. The van der Waals surface area contributed by atoms with Gasteiger partial charge in [-0.2, -0.15) is 0 Å². The molecule has 0 heterocycles. The van der Waals surface area contributed by atoms with Crippen LogP contribution in [-0.2, 0) is 11.2 Å². The van der Waals surface area contributed by atoms with E-state index in [1.54, 1.807) is 7.11 Å². The van der Waals surface area contributed by atoms with Crippen molar-refractivity contribution in [2.24, 2.45) is 0 Å². The van der Waals surface area contributed by atoms with E-state index in [9.17, 15) is 4.79 Å². The maximum atomic E-state index is 10.7. The zero-order valence-electron chi connectivity index (χ0n) is 12.2. The molecule has 0 atom stereocenters. The van der Waals surface area contributed by atoms with E-state index in [0.717, 1.165) is 34.4 Å². The predicted molar refractivity (Wildman–Crippen MR) is 84.2 cm³/mol. The van der Waals surface area contributed by atoms with E-state index in [4.69, 9.17) is 14.6 Å². The van der Waals surface area contributed by atoms with Gasteiger partial charge in [-0.3, -0.25) is 4.79 Å². The number of methoxy groups -OCH3 is 1. The SMILES string of the molecule is COc1ccc(Br)c(CCCC(=O)O)c1OC1CCCC1. The molecule has 1 aromatic carbocycles. The van der Waals surface area contributed by atoms with E-state index in [1.807, 2.05) is 12.1 Å². The van der Waals surface area contributed by atoms with Gasteiger partial charge in [-0.05, 0) is 50.7 Å². The highest BCUT2D eigenvalue weighted by molar-refractivity contribution is 9.10. The van der Waals surface area contributed by atoms with E-state index in [1.165, 1.54) is 12.8 Å². The van der Waals surface area contributed by atoms with Crippen molar-refractivity contribution in [3.8, 4) is 11.5 Å². The molecule has 1 N–H and O–H groups in total. The molecular formula is C16H21BrO4. The van der Waals surface area contributed by atoms with Crippen LogP contribution in [-0.4, -0.2) is 24.3 Å². The molecule has 0 unspecified atom stereocenters. The molecule has 0 amide bonds. The zero-order valence-corrected chi connectivity index (χ0v) is 13.8. The number of carboxylic acids is 1. The van der Waals surface area contributed by atoms with Crippen LogP contribution in [0.5, 0.6) is 11.5 Å². The van der Waals surface area contributed by atoms with Gasteiger partial charge in [-0.15, -0.1) is 0 Å². The number of benzene rings is 1. The van der Waals surface area contributed by atoms with Gasteiger partial charge in [0, 0.05) is 16.5 Å². The quantitative estimate of drug-likeness (QED) is 0.795. The van der Waals surface area contributed by atoms with E-state index < -0.39 is 5.97 Å². The maximum Gasteiger partial charge on any atom is 0.303 e. The van der Waals surface area contributed by atoms with Gasteiger partial charge >= 0.3 is 5.97 Å². The Bertz CT molecular complexity index is 495. The molecule has 1 fully saturated rings. The highest BCUT2D eigenvalue weighted by atomic mass is 79.9. The highest BCUT2D eigenvalue weighted by Gasteiger charge is 2.22. The maximum absolute atomic E-state index is 10.7. The summed E-state index contributed by atoms with van der Waals surface area (Å²) in [5, 5.41) is 8.79. The summed E-state index contributed by atoms with van der Waals surface area (Å²) >= 11 is 3.54. The van der Waals surface area contributed by atoms with Crippen molar-refractivity contribution in [2.75, 3.05) is 7.11 Å². The Morgan fingerprint density at radius 1 is 1.38 bits per heavy atom. The standard InChI is InChI=1S/C16H21BrO4/c1-20-14-10-9-13(17)12(7-4-8-15(18)19)16(14)21-11-5-2-3-6-11/h9-11H,2-8H2,1H3,(H,18,19). The minimum atomic E-state index is -0.771. The summed E-state index contributed by atoms with van der Waals surface area (Å²) in [7, 11) is 1.63. The first-order valence-corrected chi connectivity index (χ1v) is 8.15. The summed E-state index contributed by atoms with van der Waals surface area (Å²) < 4.78 is 12.5. The fourth-order valence-electron chi connectivity index (χ4n) is 2.69. The Balaban J connectivity index is 2.19. The van der Waals surface area contributed by atoms with Gasteiger partial charge in [0.2, 0.25) is 0 Å². The van der Waals surface area contributed by atoms with Crippen molar-refractivity contribution >= 4 is 21.9 Å². The molecule has 5 heteroatoms. The summed E-state index contributed by atoms with van der Waals surface area (Å²) in [6.07, 6.45) is 6.20. The lowest BCUT2D eigenvalue weighted by molar-refractivity contribution is -0.137. The third-order valence-corrected chi connectivity index (χ3v) is 4.53. The van der Waals surface area contributed by atoms with Crippen molar-refractivity contribution < 1.29 is 19.4 Å². The normalized spacial score (nSPS) is 15.1. The Kier molecular flexibility index (Phi) is 5.91. The number of carbonyl (C=O) groups is 1. The van der Waals surface area contributed by atoms with Crippen LogP contribution < -0.4 is 9.47 Å². The van der Waals surface area contributed by atoms with Crippen LogP contribution >= 0.6 is 15.9 Å². The Morgan fingerprint density at radius 3 is 2.71 bits per heavy atom. The number of aliphatic carboxylic acids is 1. The fourth-order valence-corrected chi connectivity index (χ4v) is 3.20. The number of hydrogen-bond acceptors (Lipinski definition) is 3. The van der Waals surface area contributed by atoms with Crippen LogP contribution in [0.2, 0.25) is 0 Å². The van der Waals surface area contributed by atoms with Crippen LogP contribution in [0.15, 0.2) is 16.6 Å². The smallest absolute Gasteiger partial charge is 0.303 e. The summed E-state index contributed by atoms with van der Waals surface area (Å²) in [5.41, 5.74) is 1.00. The zero-order chi connectivity index (χ0) is 15.2. The highest BCUT2D eigenvalue weighted by Crippen LogP contribution is 2.39. The van der Waals surface area contributed by atoms with Crippen molar-refractivity contribution in [3.05, 3.63) is 22.2 Å². The molecule has 0 aliphatic heterocycles. The molecular weight excluding hydrogens is 336 g/mol. The monoisotopic (exact) mass is 356 g/mol. The average Bonchev–Trinajstić information content (AvgIpc) is 2.95. The van der Waals surface area contributed by atoms with Crippen LogP contribution in [0, 0.1) is 0 Å². The molecule has 0 spiro atoms. The topological polar surface area (TPSA) is 55.8 Å². The lowest BCUT2D eigenvalue weighted by Crippen LogP contribution is -2.13. The lowest BCUT2D eigenvalue weighted by atomic mass is 10.1. The van der Waals surface area contributed by atoms with Gasteiger partial charge in [0.15, 0.2) is 11.5 Å². The number of hydrogen-bond donors (Lipinski definition) is 1. The van der Waals surface area contributed by atoms with Crippen LogP contribution in [0.3, 0.4) is 0 Å². The second-order valence-electron chi connectivity index (χ2n) is 5.33. The van der Waals surface area contributed by atoms with Crippen molar-refractivity contribution in [1.29, 1.82) is 0 Å². The number of halogens is 1. The van der Waals surface area contributed by atoms with Gasteiger partial charge in [0.1, 0.15) is 0 Å². The fraction of sp³-hybridized carbons (Fsp3) is 0.562.